The maximum absolute atomic E-state index is 2.56. The van der Waals surface area contributed by atoms with Gasteiger partial charge in [0.05, 0.1) is 5.41 Å². The van der Waals surface area contributed by atoms with Crippen LogP contribution in [0.4, 0.5) is 22.7 Å². The number of anilines is 4. The van der Waals surface area contributed by atoms with Crippen LogP contribution in [0.5, 0.6) is 0 Å². The molecule has 0 N–H and O–H groups in total. The number of hydrogen-bond acceptors (Lipinski definition) is 2. The van der Waals surface area contributed by atoms with Crippen molar-refractivity contribution in [1.29, 1.82) is 0 Å². The van der Waals surface area contributed by atoms with Crippen LogP contribution in [0.2, 0.25) is 0 Å². The molecule has 0 amide bonds. The fourth-order valence-corrected chi connectivity index (χ4v) is 15.6. The van der Waals surface area contributed by atoms with Gasteiger partial charge in [0.25, 0.3) is 0 Å². The molecule has 4 aliphatic rings. The van der Waals surface area contributed by atoms with Crippen molar-refractivity contribution >= 4 is 55.1 Å². The highest BCUT2D eigenvalue weighted by atomic mass is 15.1. The SMILES string of the molecule is CN1c2ccccc2C(C)(C)c2c(-c3cccc4c(-c5cccc6c5-c5ccccc5C65c6ccccc6-c6c5ccc5ccccc65)c5cccc(-c6cccc7c6C(C)(C)c6ccccc6N7C)c5cc34)cccc21. The second-order valence-electron chi connectivity index (χ2n) is 23.1. The van der Waals surface area contributed by atoms with Gasteiger partial charge < -0.3 is 9.80 Å². The van der Waals surface area contributed by atoms with Crippen molar-refractivity contribution in [3.05, 3.63) is 275 Å². The number of rotatable bonds is 3. The lowest BCUT2D eigenvalue weighted by Crippen LogP contribution is -2.31. The van der Waals surface area contributed by atoms with Crippen molar-refractivity contribution in [2.75, 3.05) is 23.9 Å². The summed E-state index contributed by atoms with van der Waals surface area (Å²) in [6.07, 6.45) is 0. The summed E-state index contributed by atoms with van der Waals surface area (Å²) in [5, 5.41) is 7.58. The Hall–Kier alpha value is -8.98. The van der Waals surface area contributed by atoms with Crippen molar-refractivity contribution in [3.63, 3.8) is 0 Å². The molecule has 12 aromatic rings. The Kier molecular flexibility index (Phi) is 8.96. The highest BCUT2D eigenvalue weighted by Gasteiger charge is 2.53. The average molecular weight is 985 g/mol. The van der Waals surface area contributed by atoms with Crippen molar-refractivity contribution in [3.8, 4) is 55.6 Å². The van der Waals surface area contributed by atoms with Gasteiger partial charge in [-0.05, 0) is 163 Å². The van der Waals surface area contributed by atoms with Crippen LogP contribution in [0.25, 0.3) is 88.0 Å². The molecule has 1 spiro atoms. The van der Waals surface area contributed by atoms with E-state index >= 15 is 0 Å². The van der Waals surface area contributed by atoms with Crippen LogP contribution < -0.4 is 9.80 Å². The summed E-state index contributed by atoms with van der Waals surface area (Å²) >= 11 is 0. The Labute approximate surface area is 451 Å². The summed E-state index contributed by atoms with van der Waals surface area (Å²) in [6, 6.07) is 88.3. The van der Waals surface area contributed by atoms with Crippen LogP contribution in [0.3, 0.4) is 0 Å². The third kappa shape index (κ3) is 5.60. The molecule has 1 unspecified atom stereocenters. The quantitative estimate of drug-likeness (QED) is 0.163. The van der Waals surface area contributed by atoms with Crippen molar-refractivity contribution in [2.24, 2.45) is 0 Å². The van der Waals surface area contributed by atoms with E-state index in [4.69, 9.17) is 0 Å². The molecule has 16 rings (SSSR count). The first kappa shape index (κ1) is 44.3. The molecular weight excluding hydrogens is 929 g/mol. The molecule has 12 aromatic carbocycles. The van der Waals surface area contributed by atoms with Crippen molar-refractivity contribution in [1.82, 2.24) is 0 Å². The monoisotopic (exact) mass is 984 g/mol. The fraction of sp³-hybridized carbons (Fsp3) is 0.120. The summed E-state index contributed by atoms with van der Waals surface area (Å²) in [4.78, 5) is 4.81. The van der Waals surface area contributed by atoms with Crippen LogP contribution in [0.1, 0.15) is 72.2 Å². The van der Waals surface area contributed by atoms with E-state index < -0.39 is 5.41 Å². The maximum Gasteiger partial charge on any atom is 0.0725 e. The Bertz CT molecular complexity index is 4400. The molecule has 0 fully saturated rings. The highest BCUT2D eigenvalue weighted by Crippen LogP contribution is 2.66. The molecule has 0 radical (unpaired) electrons. The van der Waals surface area contributed by atoms with Gasteiger partial charge >= 0.3 is 0 Å². The molecule has 0 aromatic heterocycles. The third-order valence-electron chi connectivity index (χ3n) is 18.8. The van der Waals surface area contributed by atoms with Gasteiger partial charge in [0.2, 0.25) is 0 Å². The number of nitrogens with zero attached hydrogens (tertiary/aromatic N) is 2. The van der Waals surface area contributed by atoms with Gasteiger partial charge in [-0.15, -0.1) is 0 Å². The maximum atomic E-state index is 2.56. The van der Waals surface area contributed by atoms with Crippen molar-refractivity contribution in [2.45, 2.75) is 43.9 Å². The second-order valence-corrected chi connectivity index (χ2v) is 23.1. The lowest BCUT2D eigenvalue weighted by molar-refractivity contribution is 0.631. The smallest absolute Gasteiger partial charge is 0.0725 e. The minimum absolute atomic E-state index is 0.267. The number of benzene rings is 12. The van der Waals surface area contributed by atoms with E-state index in [1.54, 1.807) is 0 Å². The zero-order valence-electron chi connectivity index (χ0n) is 44.3. The van der Waals surface area contributed by atoms with E-state index in [0.29, 0.717) is 0 Å². The summed E-state index contributed by atoms with van der Waals surface area (Å²) in [7, 11) is 4.47. The van der Waals surface area contributed by atoms with Crippen molar-refractivity contribution < 1.29 is 0 Å². The van der Waals surface area contributed by atoms with E-state index in [2.05, 4.69) is 282 Å². The fourth-order valence-electron chi connectivity index (χ4n) is 15.6. The van der Waals surface area contributed by atoms with E-state index in [9.17, 15) is 0 Å². The first-order valence-electron chi connectivity index (χ1n) is 27.4. The molecule has 2 nitrogen and oxygen atoms in total. The number of para-hydroxylation sites is 2. The molecule has 0 saturated carbocycles. The molecule has 2 heterocycles. The van der Waals surface area contributed by atoms with E-state index in [0.717, 1.165) is 0 Å². The van der Waals surface area contributed by atoms with Gasteiger partial charge in [0.15, 0.2) is 0 Å². The zero-order chi connectivity index (χ0) is 51.7. The Balaban J connectivity index is 1.04. The summed E-state index contributed by atoms with van der Waals surface area (Å²) < 4.78 is 0. The summed E-state index contributed by atoms with van der Waals surface area (Å²) in [5.74, 6) is 0. The molecule has 1 atom stereocenters. The zero-order valence-corrected chi connectivity index (χ0v) is 44.3. The normalized spacial score (nSPS) is 16.6. The van der Waals surface area contributed by atoms with Gasteiger partial charge in [-0.25, -0.2) is 0 Å². The molecule has 0 bridgehead atoms. The van der Waals surface area contributed by atoms with Crippen LogP contribution in [0, 0.1) is 0 Å². The summed E-state index contributed by atoms with van der Waals surface area (Å²) in [6.45, 7) is 9.68. The molecular formula is C75H56N2. The first-order chi connectivity index (χ1) is 37.6. The second kappa shape index (κ2) is 15.6. The first-order valence-corrected chi connectivity index (χ1v) is 27.4. The minimum Gasteiger partial charge on any atom is -0.344 e. The lowest BCUT2D eigenvalue weighted by Gasteiger charge is -2.42. The number of hydrogen-bond donors (Lipinski definition) is 0. The predicted octanol–water partition coefficient (Wildman–Crippen LogP) is 19.3. The van der Waals surface area contributed by atoms with E-state index in [1.807, 2.05) is 0 Å². The standard InChI is InChI=1S/C75H56N2/c1-73(2)60-35-13-15-38-64(60)76(5)66-40-20-30-51(71(66)73)47-26-17-28-49-56(47)44-57-48(52-31-21-41-67-72(52)74(3,4)61-36-14-16-39-65(61)77(67)6)27-18-29-50(57)68(49)55-32-19-37-62-70(55)54-25-10-12-34-59(54)75(62)58-33-11-9-24-53(58)69-46-23-8-7-22-45(46)42-43-63(69)75/h7-44H,1-6H3. The van der Waals surface area contributed by atoms with Gasteiger partial charge in [-0.2, -0.15) is 0 Å². The summed E-state index contributed by atoms with van der Waals surface area (Å²) in [5.41, 5.74) is 27.6. The average Bonchev–Trinajstić information content (AvgIpc) is 4.12. The van der Waals surface area contributed by atoms with Crippen LogP contribution in [-0.4, -0.2) is 14.1 Å². The van der Waals surface area contributed by atoms with Gasteiger partial charge in [0, 0.05) is 47.7 Å². The van der Waals surface area contributed by atoms with Gasteiger partial charge in [0.1, 0.15) is 0 Å². The third-order valence-corrected chi connectivity index (χ3v) is 18.8. The molecule has 2 aliphatic carbocycles. The van der Waals surface area contributed by atoms with Gasteiger partial charge in [-0.1, -0.05) is 228 Å². The van der Waals surface area contributed by atoms with Crippen LogP contribution >= 0.6 is 0 Å². The van der Waals surface area contributed by atoms with Crippen LogP contribution in [-0.2, 0) is 16.2 Å². The highest BCUT2D eigenvalue weighted by molar-refractivity contribution is 6.22. The molecule has 77 heavy (non-hydrogen) atoms. The van der Waals surface area contributed by atoms with E-state index in [1.165, 1.54) is 155 Å². The Morgan fingerprint density at radius 3 is 1.23 bits per heavy atom. The topological polar surface area (TPSA) is 6.48 Å². The van der Waals surface area contributed by atoms with Crippen LogP contribution in [0.15, 0.2) is 231 Å². The number of fused-ring (bicyclic) bond motifs is 18. The largest absolute Gasteiger partial charge is 0.344 e. The molecule has 366 valence electrons. The van der Waals surface area contributed by atoms with E-state index in [-0.39, 0.29) is 10.8 Å². The molecule has 2 heteroatoms. The molecule has 0 saturated heterocycles. The van der Waals surface area contributed by atoms with Gasteiger partial charge in [-0.3, -0.25) is 0 Å². The minimum atomic E-state index is -0.511. The Morgan fingerprint density at radius 1 is 0.260 bits per heavy atom. The lowest BCUT2D eigenvalue weighted by atomic mass is 9.70. The predicted molar refractivity (Wildman–Crippen MR) is 325 cm³/mol. The molecule has 2 aliphatic heterocycles. The Morgan fingerprint density at radius 2 is 0.649 bits per heavy atom.